The summed E-state index contributed by atoms with van der Waals surface area (Å²) in [6.45, 7) is 4.13. The fourth-order valence-corrected chi connectivity index (χ4v) is 2.20. The van der Waals surface area contributed by atoms with E-state index in [1.165, 1.54) is 12.4 Å². The van der Waals surface area contributed by atoms with Gasteiger partial charge in [0.1, 0.15) is 18.0 Å². The minimum Gasteiger partial charge on any atom is -0.373 e. The molecule has 0 saturated heterocycles. The second-order valence-corrected chi connectivity index (χ2v) is 4.93. The van der Waals surface area contributed by atoms with E-state index in [0.717, 1.165) is 22.6 Å². The molecule has 0 spiro atoms. The van der Waals surface area contributed by atoms with Crippen LogP contribution in [-0.2, 0) is 0 Å². The smallest absolute Gasteiger partial charge is 0.141 e. The maximum atomic E-state index is 13.2. The number of anilines is 1. The molecule has 0 fully saturated rings. The third-order valence-corrected chi connectivity index (χ3v) is 3.18. The van der Waals surface area contributed by atoms with Crippen LogP contribution >= 0.6 is 11.6 Å². The summed E-state index contributed by atoms with van der Waals surface area (Å²) in [5.41, 5.74) is 2.55. The van der Waals surface area contributed by atoms with Gasteiger partial charge in [-0.2, -0.15) is 0 Å². The predicted octanol–water partition coefficient (Wildman–Crippen LogP) is 4.10. The Morgan fingerprint density at radius 3 is 2.58 bits per heavy atom. The first-order valence-electron chi connectivity index (χ1n) is 6.02. The van der Waals surface area contributed by atoms with Crippen molar-refractivity contribution in [3.63, 3.8) is 0 Å². The summed E-state index contributed by atoms with van der Waals surface area (Å²) in [6, 6.07) is 4.61. The van der Waals surface area contributed by atoms with Crippen LogP contribution in [0.4, 0.5) is 10.2 Å². The van der Waals surface area contributed by atoms with Gasteiger partial charge in [-0.3, -0.25) is 0 Å². The lowest BCUT2D eigenvalue weighted by Crippen LogP contribution is -2.04. The molecule has 2 rings (SSSR count). The molecule has 1 heterocycles. The number of nitrogens with zero attached hydrogens (tertiary/aromatic N) is 2. The lowest BCUT2D eigenvalue weighted by atomic mass is 9.97. The molecule has 0 aliphatic heterocycles. The zero-order valence-electron chi connectivity index (χ0n) is 11.0. The highest BCUT2D eigenvalue weighted by Crippen LogP contribution is 2.33. The van der Waals surface area contributed by atoms with Gasteiger partial charge in [0.2, 0.25) is 0 Å². The minimum absolute atomic E-state index is 0.0943. The highest BCUT2D eigenvalue weighted by Gasteiger charge is 2.16. The van der Waals surface area contributed by atoms with Crippen molar-refractivity contribution in [2.75, 3.05) is 12.4 Å². The highest BCUT2D eigenvalue weighted by molar-refractivity contribution is 6.31. The molecule has 0 atom stereocenters. The molecule has 0 unspecified atom stereocenters. The van der Waals surface area contributed by atoms with Crippen LogP contribution in [-0.4, -0.2) is 17.0 Å². The minimum atomic E-state index is -0.431. The van der Waals surface area contributed by atoms with E-state index in [1.54, 1.807) is 12.1 Å². The number of rotatable bonds is 3. The Kier molecular flexibility index (Phi) is 4.00. The zero-order valence-corrected chi connectivity index (χ0v) is 11.8. The topological polar surface area (TPSA) is 37.8 Å². The SMILES string of the molecule is CNc1ncnc(-c2ccc(F)c(Cl)c2)c1C(C)C. The van der Waals surface area contributed by atoms with Gasteiger partial charge in [0, 0.05) is 18.2 Å². The molecule has 1 aromatic heterocycles. The third-order valence-electron chi connectivity index (χ3n) is 2.89. The first-order valence-corrected chi connectivity index (χ1v) is 6.40. The lowest BCUT2D eigenvalue weighted by molar-refractivity contribution is 0.628. The monoisotopic (exact) mass is 279 g/mol. The Balaban J connectivity index is 2.64. The zero-order chi connectivity index (χ0) is 14.0. The Labute approximate surface area is 116 Å². The molecule has 1 N–H and O–H groups in total. The van der Waals surface area contributed by atoms with E-state index in [4.69, 9.17) is 11.6 Å². The average molecular weight is 280 g/mol. The predicted molar refractivity (Wildman–Crippen MR) is 76.1 cm³/mol. The van der Waals surface area contributed by atoms with E-state index in [9.17, 15) is 4.39 Å². The van der Waals surface area contributed by atoms with Gasteiger partial charge in [0.05, 0.1) is 10.7 Å². The van der Waals surface area contributed by atoms with Gasteiger partial charge in [0.15, 0.2) is 0 Å². The number of halogens is 2. The van der Waals surface area contributed by atoms with Gasteiger partial charge < -0.3 is 5.32 Å². The molecule has 0 bridgehead atoms. The van der Waals surface area contributed by atoms with E-state index >= 15 is 0 Å². The molecule has 0 aliphatic rings. The van der Waals surface area contributed by atoms with Crippen molar-refractivity contribution in [1.82, 2.24) is 9.97 Å². The van der Waals surface area contributed by atoms with E-state index in [1.807, 2.05) is 7.05 Å². The van der Waals surface area contributed by atoms with Gasteiger partial charge in [-0.15, -0.1) is 0 Å². The second kappa shape index (κ2) is 5.53. The third kappa shape index (κ3) is 2.68. The van der Waals surface area contributed by atoms with Crippen molar-refractivity contribution in [1.29, 1.82) is 0 Å². The van der Waals surface area contributed by atoms with Crippen molar-refractivity contribution in [3.05, 3.63) is 40.9 Å². The number of benzene rings is 1. The number of aromatic nitrogens is 2. The summed E-state index contributed by atoms with van der Waals surface area (Å²) in [4.78, 5) is 8.53. The number of hydrogen-bond acceptors (Lipinski definition) is 3. The van der Waals surface area contributed by atoms with Gasteiger partial charge in [-0.25, -0.2) is 14.4 Å². The molecule has 5 heteroatoms. The highest BCUT2D eigenvalue weighted by atomic mass is 35.5. The summed E-state index contributed by atoms with van der Waals surface area (Å²) >= 11 is 5.84. The normalized spacial score (nSPS) is 10.8. The first-order chi connectivity index (χ1) is 9.04. The van der Waals surface area contributed by atoms with Gasteiger partial charge in [-0.05, 0) is 24.1 Å². The lowest BCUT2D eigenvalue weighted by Gasteiger charge is -2.15. The van der Waals surface area contributed by atoms with E-state index in [2.05, 4.69) is 29.1 Å². The van der Waals surface area contributed by atoms with E-state index in [0.29, 0.717) is 0 Å². The van der Waals surface area contributed by atoms with Gasteiger partial charge in [0.25, 0.3) is 0 Å². The molecule has 0 aliphatic carbocycles. The molecule has 0 radical (unpaired) electrons. The van der Waals surface area contributed by atoms with Crippen molar-refractivity contribution in [2.45, 2.75) is 19.8 Å². The molecule has 0 amide bonds. The molecule has 3 nitrogen and oxygen atoms in total. The molecule has 100 valence electrons. The molecule has 1 aromatic carbocycles. The van der Waals surface area contributed by atoms with Crippen LogP contribution in [0.3, 0.4) is 0 Å². The van der Waals surface area contributed by atoms with Crippen LogP contribution in [0.5, 0.6) is 0 Å². The summed E-state index contributed by atoms with van der Waals surface area (Å²) in [6.07, 6.45) is 1.49. The van der Waals surface area contributed by atoms with Crippen LogP contribution in [0.1, 0.15) is 25.3 Å². The molecule has 2 aromatic rings. The van der Waals surface area contributed by atoms with Crippen LogP contribution in [0.15, 0.2) is 24.5 Å². The van der Waals surface area contributed by atoms with Crippen molar-refractivity contribution < 1.29 is 4.39 Å². The number of nitrogens with one attached hydrogen (secondary N) is 1. The van der Waals surface area contributed by atoms with Crippen LogP contribution < -0.4 is 5.32 Å². The first kappa shape index (κ1) is 13.7. The van der Waals surface area contributed by atoms with Crippen LogP contribution in [0.25, 0.3) is 11.3 Å². The maximum absolute atomic E-state index is 13.2. The fourth-order valence-electron chi connectivity index (χ4n) is 2.02. The van der Waals surface area contributed by atoms with Crippen molar-refractivity contribution in [2.24, 2.45) is 0 Å². The van der Waals surface area contributed by atoms with Gasteiger partial charge >= 0.3 is 0 Å². The van der Waals surface area contributed by atoms with Gasteiger partial charge in [-0.1, -0.05) is 25.4 Å². The molecular formula is C14H15ClFN3. The van der Waals surface area contributed by atoms with Crippen molar-refractivity contribution in [3.8, 4) is 11.3 Å². The maximum Gasteiger partial charge on any atom is 0.141 e. The Morgan fingerprint density at radius 1 is 1.26 bits per heavy atom. The molecule has 0 saturated carbocycles. The molecule has 19 heavy (non-hydrogen) atoms. The number of hydrogen-bond donors (Lipinski definition) is 1. The standard InChI is InChI=1S/C14H15ClFN3/c1-8(2)12-13(18-7-19-14(12)17-3)9-4-5-11(16)10(15)6-9/h4-8H,1-3H3,(H,17,18,19). The quantitative estimate of drug-likeness (QED) is 0.919. The van der Waals surface area contributed by atoms with Crippen LogP contribution in [0.2, 0.25) is 5.02 Å². The summed E-state index contributed by atoms with van der Waals surface area (Å²) in [7, 11) is 1.82. The fraction of sp³-hybridized carbons (Fsp3) is 0.286. The second-order valence-electron chi connectivity index (χ2n) is 4.52. The van der Waals surface area contributed by atoms with Crippen molar-refractivity contribution >= 4 is 17.4 Å². The van der Waals surface area contributed by atoms with E-state index < -0.39 is 5.82 Å². The summed E-state index contributed by atoms with van der Waals surface area (Å²) < 4.78 is 13.2. The Morgan fingerprint density at radius 2 is 2.00 bits per heavy atom. The largest absolute Gasteiger partial charge is 0.373 e. The summed E-state index contributed by atoms with van der Waals surface area (Å²) in [5.74, 6) is 0.585. The molecular weight excluding hydrogens is 265 g/mol. The Bertz CT molecular complexity index is 599. The van der Waals surface area contributed by atoms with E-state index in [-0.39, 0.29) is 10.9 Å². The average Bonchev–Trinajstić information content (AvgIpc) is 2.40. The van der Waals surface area contributed by atoms with Crippen LogP contribution in [0, 0.1) is 5.82 Å². The summed E-state index contributed by atoms with van der Waals surface area (Å²) in [5, 5.41) is 3.15. The Hall–Kier alpha value is -1.68.